The van der Waals surface area contributed by atoms with Gasteiger partial charge in [0, 0.05) is 12.6 Å². The van der Waals surface area contributed by atoms with Crippen molar-refractivity contribution in [3.05, 3.63) is 12.2 Å². The fraction of sp³-hybridized carbons (Fsp3) is 0.750. The van der Waals surface area contributed by atoms with Gasteiger partial charge in [-0.3, -0.25) is 9.59 Å². The van der Waals surface area contributed by atoms with Gasteiger partial charge in [-0.2, -0.15) is 0 Å². The summed E-state index contributed by atoms with van der Waals surface area (Å²) in [5.41, 5.74) is 0. The fourth-order valence-corrected chi connectivity index (χ4v) is 4.27. The number of amides is 1. The quantitative estimate of drug-likeness (QED) is 0.762. The second kappa shape index (κ2) is 5.79. The summed E-state index contributed by atoms with van der Waals surface area (Å²) in [6, 6.07) is 0.170. The van der Waals surface area contributed by atoms with Gasteiger partial charge in [0.2, 0.25) is 5.91 Å². The molecule has 1 aliphatic heterocycles. The van der Waals surface area contributed by atoms with E-state index in [0.717, 1.165) is 38.9 Å². The molecule has 0 aromatic rings. The van der Waals surface area contributed by atoms with E-state index in [1.165, 1.54) is 0 Å². The second-order valence-corrected chi connectivity index (χ2v) is 6.58. The van der Waals surface area contributed by atoms with E-state index >= 15 is 0 Å². The maximum Gasteiger partial charge on any atom is 0.307 e. The van der Waals surface area contributed by atoms with Crippen LogP contribution >= 0.6 is 0 Å². The van der Waals surface area contributed by atoms with Gasteiger partial charge < -0.3 is 15.3 Å². The molecule has 1 saturated heterocycles. The van der Waals surface area contributed by atoms with Crippen molar-refractivity contribution in [2.75, 3.05) is 19.6 Å². The van der Waals surface area contributed by atoms with Crippen LogP contribution in [0.1, 0.15) is 26.2 Å². The molecule has 2 aliphatic carbocycles. The van der Waals surface area contributed by atoms with Gasteiger partial charge in [0.05, 0.1) is 11.8 Å². The lowest BCUT2D eigenvalue weighted by Crippen LogP contribution is -2.51. The molecule has 2 N–H and O–H groups in total. The number of hydrogen-bond acceptors (Lipinski definition) is 3. The monoisotopic (exact) mass is 292 g/mol. The minimum atomic E-state index is -0.828. The highest BCUT2D eigenvalue weighted by molar-refractivity contribution is 5.87. The molecule has 3 aliphatic rings. The van der Waals surface area contributed by atoms with Crippen molar-refractivity contribution in [2.45, 2.75) is 32.2 Å². The fourth-order valence-electron chi connectivity index (χ4n) is 4.27. The molecule has 5 heteroatoms. The molecule has 21 heavy (non-hydrogen) atoms. The summed E-state index contributed by atoms with van der Waals surface area (Å²) in [4.78, 5) is 26.4. The maximum atomic E-state index is 12.6. The number of hydrogen-bond donors (Lipinski definition) is 2. The maximum absolute atomic E-state index is 12.6. The Kier molecular flexibility index (Phi) is 4.02. The minimum absolute atomic E-state index is 0.0433. The summed E-state index contributed by atoms with van der Waals surface area (Å²) >= 11 is 0. The molecule has 3 rings (SSSR count). The Hall–Kier alpha value is -1.36. The summed E-state index contributed by atoms with van der Waals surface area (Å²) in [6.45, 7) is 5.11. The first-order chi connectivity index (χ1) is 10.1. The zero-order chi connectivity index (χ0) is 15.0. The largest absolute Gasteiger partial charge is 0.481 e. The minimum Gasteiger partial charge on any atom is -0.481 e. The lowest BCUT2D eigenvalue weighted by atomic mass is 9.82. The van der Waals surface area contributed by atoms with Gasteiger partial charge in [-0.05, 0) is 44.2 Å². The van der Waals surface area contributed by atoms with Gasteiger partial charge >= 0.3 is 5.97 Å². The summed E-state index contributed by atoms with van der Waals surface area (Å²) in [5.74, 6) is -1.64. The number of allylic oxidation sites excluding steroid dienone is 2. The van der Waals surface area contributed by atoms with E-state index in [9.17, 15) is 14.7 Å². The molecule has 2 bridgehead atoms. The van der Waals surface area contributed by atoms with Crippen molar-refractivity contribution in [3.63, 3.8) is 0 Å². The molecule has 5 nitrogen and oxygen atoms in total. The molecular weight excluding hydrogens is 268 g/mol. The molecule has 0 aromatic heterocycles. The smallest absolute Gasteiger partial charge is 0.307 e. The normalized spacial score (nSPS) is 38.6. The van der Waals surface area contributed by atoms with Crippen LogP contribution in [0.15, 0.2) is 12.2 Å². The highest BCUT2D eigenvalue weighted by atomic mass is 16.4. The molecule has 1 amide bonds. The van der Waals surface area contributed by atoms with Crippen LogP contribution in [0.25, 0.3) is 0 Å². The van der Waals surface area contributed by atoms with Crippen molar-refractivity contribution >= 4 is 11.9 Å². The first-order valence-electron chi connectivity index (χ1n) is 8.04. The summed E-state index contributed by atoms with van der Waals surface area (Å²) in [6.07, 6.45) is 6.93. The number of carbonyl (C=O) groups is 2. The number of nitrogens with zero attached hydrogens (tertiary/aromatic N) is 1. The van der Waals surface area contributed by atoms with Crippen molar-refractivity contribution in [3.8, 4) is 0 Å². The van der Waals surface area contributed by atoms with Gasteiger partial charge in [-0.15, -0.1) is 0 Å². The van der Waals surface area contributed by atoms with Crippen LogP contribution in [-0.2, 0) is 9.59 Å². The Morgan fingerprint density at radius 3 is 2.67 bits per heavy atom. The average Bonchev–Trinajstić information content (AvgIpc) is 3.07. The van der Waals surface area contributed by atoms with Crippen molar-refractivity contribution in [1.29, 1.82) is 0 Å². The number of carbonyl (C=O) groups excluding carboxylic acids is 1. The van der Waals surface area contributed by atoms with Crippen LogP contribution in [0.2, 0.25) is 0 Å². The van der Waals surface area contributed by atoms with Gasteiger partial charge in [0.25, 0.3) is 0 Å². The summed E-state index contributed by atoms with van der Waals surface area (Å²) < 4.78 is 0. The molecular formula is C16H24N2O3. The number of piperidine rings is 1. The van der Waals surface area contributed by atoms with Crippen LogP contribution in [0.5, 0.6) is 0 Å². The van der Waals surface area contributed by atoms with Crippen LogP contribution in [0.4, 0.5) is 0 Å². The van der Waals surface area contributed by atoms with Gasteiger partial charge in [0.15, 0.2) is 0 Å². The van der Waals surface area contributed by atoms with Crippen LogP contribution in [0.3, 0.4) is 0 Å². The van der Waals surface area contributed by atoms with Crippen LogP contribution < -0.4 is 5.32 Å². The van der Waals surface area contributed by atoms with Gasteiger partial charge in [0.1, 0.15) is 0 Å². The third kappa shape index (κ3) is 2.71. The molecule has 0 aromatic carbocycles. The Bertz CT molecular complexity index is 462. The van der Waals surface area contributed by atoms with E-state index in [-0.39, 0.29) is 29.7 Å². The molecule has 1 saturated carbocycles. The molecule has 116 valence electrons. The summed E-state index contributed by atoms with van der Waals surface area (Å²) in [7, 11) is 0. The topological polar surface area (TPSA) is 69.6 Å². The molecule has 0 spiro atoms. The van der Waals surface area contributed by atoms with E-state index < -0.39 is 11.9 Å². The third-order valence-corrected chi connectivity index (χ3v) is 5.35. The number of carboxylic acids is 1. The number of aliphatic carboxylic acids is 1. The number of likely N-dealkylation sites (tertiary alicyclic amines) is 1. The average molecular weight is 292 g/mol. The Labute approximate surface area is 125 Å². The van der Waals surface area contributed by atoms with Crippen molar-refractivity contribution in [1.82, 2.24) is 10.2 Å². The Balaban J connectivity index is 1.65. The van der Waals surface area contributed by atoms with Gasteiger partial charge in [-0.25, -0.2) is 0 Å². The predicted octanol–water partition coefficient (Wildman–Crippen LogP) is 1.11. The second-order valence-electron chi connectivity index (χ2n) is 6.58. The first-order valence-corrected chi connectivity index (χ1v) is 8.04. The van der Waals surface area contributed by atoms with E-state index in [1.54, 1.807) is 0 Å². The molecule has 3 unspecified atom stereocenters. The highest BCUT2D eigenvalue weighted by Gasteiger charge is 2.51. The van der Waals surface area contributed by atoms with E-state index in [2.05, 4.69) is 17.1 Å². The van der Waals surface area contributed by atoms with E-state index in [1.807, 2.05) is 12.2 Å². The Morgan fingerprint density at radius 1 is 1.29 bits per heavy atom. The summed E-state index contributed by atoms with van der Waals surface area (Å²) in [5, 5.41) is 12.5. The third-order valence-electron chi connectivity index (χ3n) is 5.35. The number of carboxylic acid groups (broad SMARTS) is 1. The van der Waals surface area contributed by atoms with E-state index in [0.29, 0.717) is 0 Å². The number of fused-ring (bicyclic) bond motifs is 2. The standard InChI is InChI=1S/C16H24N2O3/c1-2-18-7-3-4-12(9-18)17-15(19)13-10-5-6-11(8-10)14(13)16(20)21/h5-6,10-14H,2-4,7-9H2,1H3,(H,17,19)(H,20,21)/t10?,11?,12?,13-,14+/m0/s1. The zero-order valence-corrected chi connectivity index (χ0v) is 12.5. The number of likely N-dealkylation sites (N-methyl/N-ethyl adjacent to an activating group) is 1. The van der Waals surface area contributed by atoms with Crippen molar-refractivity contribution < 1.29 is 14.7 Å². The van der Waals surface area contributed by atoms with E-state index in [4.69, 9.17) is 0 Å². The van der Waals surface area contributed by atoms with Crippen LogP contribution in [-0.4, -0.2) is 47.6 Å². The van der Waals surface area contributed by atoms with Gasteiger partial charge in [-0.1, -0.05) is 19.1 Å². The predicted molar refractivity (Wildman–Crippen MR) is 78.6 cm³/mol. The SMILES string of the molecule is CCN1CCCC(NC(=O)[C@H]2C3C=CC(C3)[C@H]2C(=O)O)C1. The highest BCUT2D eigenvalue weighted by Crippen LogP contribution is 2.48. The molecule has 1 heterocycles. The number of rotatable bonds is 4. The zero-order valence-electron chi connectivity index (χ0n) is 12.5. The Morgan fingerprint density at radius 2 is 2.00 bits per heavy atom. The molecule has 0 radical (unpaired) electrons. The number of nitrogens with one attached hydrogen (secondary N) is 1. The van der Waals surface area contributed by atoms with Crippen molar-refractivity contribution in [2.24, 2.45) is 23.7 Å². The first kappa shape index (κ1) is 14.6. The lowest BCUT2D eigenvalue weighted by molar-refractivity contribution is -0.148. The van der Waals surface area contributed by atoms with Crippen LogP contribution in [0, 0.1) is 23.7 Å². The lowest BCUT2D eigenvalue weighted by Gasteiger charge is -2.34. The molecule has 5 atom stereocenters. The molecule has 2 fully saturated rings.